The summed E-state index contributed by atoms with van der Waals surface area (Å²) in [6.07, 6.45) is 6.59. The molecule has 1 saturated carbocycles. The molecule has 2 aromatic carbocycles. The molecule has 3 rings (SSSR count). The van der Waals surface area contributed by atoms with Gasteiger partial charge in [-0.05, 0) is 62.7 Å². The Morgan fingerprint density at radius 2 is 1.83 bits per heavy atom. The number of anilines is 1. The number of amides is 1. The van der Waals surface area contributed by atoms with Gasteiger partial charge in [0.15, 0.2) is 0 Å². The number of carbonyl (C=O) groups is 1. The van der Waals surface area contributed by atoms with Gasteiger partial charge in [0.2, 0.25) is 5.91 Å². The molecule has 5 heteroatoms. The number of hydrogen-bond acceptors (Lipinski definition) is 4. The van der Waals surface area contributed by atoms with E-state index in [4.69, 9.17) is 4.74 Å². The molecule has 0 radical (unpaired) electrons. The van der Waals surface area contributed by atoms with Crippen molar-refractivity contribution in [1.82, 2.24) is 4.90 Å². The zero-order chi connectivity index (χ0) is 20.5. The first-order valence-corrected chi connectivity index (χ1v) is 11.6. The molecule has 1 N–H and O–H groups in total. The Balaban J connectivity index is 1.53. The Bertz CT molecular complexity index is 773. The minimum Gasteiger partial charge on any atom is -0.494 e. The van der Waals surface area contributed by atoms with Crippen LogP contribution < -0.4 is 10.1 Å². The van der Waals surface area contributed by atoms with Gasteiger partial charge in [0, 0.05) is 23.2 Å². The van der Waals surface area contributed by atoms with Crippen molar-refractivity contribution in [3.63, 3.8) is 0 Å². The van der Waals surface area contributed by atoms with E-state index in [1.165, 1.54) is 49.4 Å². The number of para-hydroxylation sites is 1. The van der Waals surface area contributed by atoms with E-state index >= 15 is 0 Å². The summed E-state index contributed by atoms with van der Waals surface area (Å²) in [4.78, 5) is 16.0. The van der Waals surface area contributed by atoms with Crippen LogP contribution in [0.1, 0.15) is 44.6 Å². The van der Waals surface area contributed by atoms with Gasteiger partial charge in [-0.2, -0.15) is 0 Å². The maximum Gasteiger partial charge on any atom is 0.234 e. The number of rotatable bonds is 9. The summed E-state index contributed by atoms with van der Waals surface area (Å²) in [5, 5.41) is 3.11. The molecule has 1 fully saturated rings. The minimum atomic E-state index is 0.0247. The lowest BCUT2D eigenvalue weighted by Crippen LogP contribution is -2.33. The first-order chi connectivity index (χ1) is 14.2. The number of nitrogens with zero attached hydrogens (tertiary/aromatic N) is 1. The van der Waals surface area contributed by atoms with Crippen LogP contribution in [0, 0.1) is 0 Å². The number of benzene rings is 2. The van der Waals surface area contributed by atoms with Crippen molar-refractivity contribution in [2.45, 2.75) is 56.5 Å². The van der Waals surface area contributed by atoms with Crippen molar-refractivity contribution in [2.24, 2.45) is 0 Å². The fraction of sp³-hybridized carbons (Fsp3) is 0.458. The van der Waals surface area contributed by atoms with E-state index in [1.54, 1.807) is 0 Å². The number of nitrogens with one attached hydrogen (secondary N) is 1. The molecule has 0 spiro atoms. The van der Waals surface area contributed by atoms with Crippen LogP contribution in [-0.2, 0) is 11.3 Å². The normalized spacial score (nSPS) is 14.7. The molecule has 0 heterocycles. The third kappa shape index (κ3) is 6.79. The van der Waals surface area contributed by atoms with Crippen LogP contribution in [0.3, 0.4) is 0 Å². The lowest BCUT2D eigenvalue weighted by molar-refractivity contribution is -0.113. The summed E-state index contributed by atoms with van der Waals surface area (Å²) in [7, 11) is 2.20. The van der Waals surface area contributed by atoms with Gasteiger partial charge >= 0.3 is 0 Å². The van der Waals surface area contributed by atoms with Crippen LogP contribution in [0.4, 0.5) is 5.69 Å². The van der Waals surface area contributed by atoms with Gasteiger partial charge in [0.05, 0.1) is 12.4 Å². The fourth-order valence-electron chi connectivity index (χ4n) is 3.83. The van der Waals surface area contributed by atoms with Crippen molar-refractivity contribution < 1.29 is 9.53 Å². The number of ether oxygens (including phenoxy) is 1. The lowest BCUT2D eigenvalue weighted by Gasteiger charge is -2.31. The number of hydrogen-bond donors (Lipinski definition) is 1. The van der Waals surface area contributed by atoms with Crippen molar-refractivity contribution in [3.8, 4) is 5.75 Å². The van der Waals surface area contributed by atoms with Gasteiger partial charge in [0.25, 0.3) is 0 Å². The average Bonchev–Trinajstić information content (AvgIpc) is 2.75. The van der Waals surface area contributed by atoms with Crippen LogP contribution in [0.25, 0.3) is 0 Å². The summed E-state index contributed by atoms with van der Waals surface area (Å²) >= 11 is 1.54. The summed E-state index contributed by atoms with van der Waals surface area (Å²) < 4.78 is 5.46. The molecule has 29 heavy (non-hydrogen) atoms. The summed E-state index contributed by atoms with van der Waals surface area (Å²) in [5.74, 6) is 1.27. The highest BCUT2D eigenvalue weighted by atomic mass is 32.2. The molecule has 1 aliphatic rings. The van der Waals surface area contributed by atoms with E-state index in [9.17, 15) is 4.79 Å². The van der Waals surface area contributed by atoms with Crippen molar-refractivity contribution in [2.75, 3.05) is 24.7 Å². The minimum absolute atomic E-state index is 0.0247. The number of carbonyl (C=O) groups excluding carboxylic acids is 1. The molecule has 1 amide bonds. The Kier molecular flexibility index (Phi) is 8.44. The monoisotopic (exact) mass is 412 g/mol. The molecular weight excluding hydrogens is 380 g/mol. The Morgan fingerprint density at radius 1 is 1.10 bits per heavy atom. The Morgan fingerprint density at radius 3 is 2.55 bits per heavy atom. The average molecular weight is 413 g/mol. The van der Waals surface area contributed by atoms with Gasteiger partial charge in [-0.25, -0.2) is 0 Å². The molecule has 0 bridgehead atoms. The van der Waals surface area contributed by atoms with Crippen LogP contribution >= 0.6 is 11.8 Å². The van der Waals surface area contributed by atoms with E-state index < -0.39 is 0 Å². The van der Waals surface area contributed by atoms with E-state index in [1.807, 2.05) is 49.4 Å². The van der Waals surface area contributed by atoms with E-state index in [-0.39, 0.29) is 5.91 Å². The first kappa shape index (κ1) is 21.7. The van der Waals surface area contributed by atoms with Crippen molar-refractivity contribution >= 4 is 23.4 Å². The maximum atomic E-state index is 12.5. The molecule has 0 aliphatic heterocycles. The van der Waals surface area contributed by atoms with Gasteiger partial charge in [-0.1, -0.05) is 37.5 Å². The standard InChI is InChI=1S/C24H32N2O2S/c1-3-28-21-13-15-22(16-14-21)29-18-24(27)25-23-12-8-7-9-19(23)17-26(2)20-10-5-4-6-11-20/h7-9,12-16,20H,3-6,10-11,17-18H2,1-2H3,(H,25,27). The van der Waals surface area contributed by atoms with Crippen LogP contribution in [-0.4, -0.2) is 36.3 Å². The fourth-order valence-corrected chi connectivity index (χ4v) is 4.53. The van der Waals surface area contributed by atoms with E-state index in [2.05, 4.69) is 23.3 Å². The van der Waals surface area contributed by atoms with Crippen LogP contribution in [0.2, 0.25) is 0 Å². The SMILES string of the molecule is CCOc1ccc(SCC(=O)Nc2ccccc2CN(C)C2CCCCC2)cc1. The molecule has 0 saturated heterocycles. The first-order valence-electron chi connectivity index (χ1n) is 10.6. The molecular formula is C24H32N2O2S. The number of thioether (sulfide) groups is 1. The van der Waals surface area contributed by atoms with Gasteiger partial charge in [0.1, 0.15) is 5.75 Å². The Hall–Kier alpha value is -1.98. The smallest absolute Gasteiger partial charge is 0.234 e. The van der Waals surface area contributed by atoms with Gasteiger partial charge in [-0.15, -0.1) is 11.8 Å². The third-order valence-electron chi connectivity index (χ3n) is 5.41. The van der Waals surface area contributed by atoms with Crippen molar-refractivity contribution in [1.29, 1.82) is 0 Å². The van der Waals surface area contributed by atoms with E-state index in [0.29, 0.717) is 18.4 Å². The molecule has 1 aliphatic carbocycles. The van der Waals surface area contributed by atoms with Crippen LogP contribution in [0.15, 0.2) is 53.4 Å². The molecule has 156 valence electrons. The summed E-state index contributed by atoms with van der Waals surface area (Å²) in [6.45, 7) is 3.50. The van der Waals surface area contributed by atoms with Crippen LogP contribution in [0.5, 0.6) is 5.75 Å². The topological polar surface area (TPSA) is 41.6 Å². The second kappa shape index (κ2) is 11.3. The molecule has 0 atom stereocenters. The molecule has 4 nitrogen and oxygen atoms in total. The second-order valence-corrected chi connectivity index (χ2v) is 8.65. The predicted octanol–water partition coefficient (Wildman–Crippen LogP) is 5.58. The highest BCUT2D eigenvalue weighted by Crippen LogP contribution is 2.26. The van der Waals surface area contributed by atoms with Gasteiger partial charge < -0.3 is 10.1 Å². The zero-order valence-electron chi connectivity index (χ0n) is 17.5. The van der Waals surface area contributed by atoms with Gasteiger partial charge in [-0.3, -0.25) is 9.69 Å². The quantitative estimate of drug-likeness (QED) is 0.546. The molecule has 0 aromatic heterocycles. The zero-order valence-corrected chi connectivity index (χ0v) is 18.3. The predicted molar refractivity (Wildman–Crippen MR) is 122 cm³/mol. The molecule has 0 unspecified atom stereocenters. The Labute approximate surface area is 179 Å². The third-order valence-corrected chi connectivity index (χ3v) is 6.43. The van der Waals surface area contributed by atoms with Crippen molar-refractivity contribution in [3.05, 3.63) is 54.1 Å². The summed E-state index contributed by atoms with van der Waals surface area (Å²) in [5.41, 5.74) is 2.10. The maximum absolute atomic E-state index is 12.5. The largest absolute Gasteiger partial charge is 0.494 e. The summed E-state index contributed by atoms with van der Waals surface area (Å²) in [6, 6.07) is 16.7. The second-order valence-electron chi connectivity index (χ2n) is 7.61. The van der Waals surface area contributed by atoms with E-state index in [0.717, 1.165) is 22.9 Å². The highest BCUT2D eigenvalue weighted by molar-refractivity contribution is 8.00. The molecule has 2 aromatic rings. The highest BCUT2D eigenvalue weighted by Gasteiger charge is 2.19. The lowest BCUT2D eigenvalue weighted by atomic mass is 9.94.